The molecule has 0 saturated carbocycles. The lowest BCUT2D eigenvalue weighted by atomic mass is 9.96. The Hall–Kier alpha value is -3.91. The number of rotatable bonds is 3. The number of fused-ring (bicyclic) bond motifs is 4. The van der Waals surface area contributed by atoms with Crippen LogP contribution in [-0.4, -0.2) is 4.98 Å². The maximum atomic E-state index is 9.00. The zero-order valence-corrected chi connectivity index (χ0v) is 16.2. The van der Waals surface area contributed by atoms with Crippen molar-refractivity contribution in [2.45, 2.75) is 6.37 Å². The number of aromatic nitrogens is 1. The second-order valence-electron chi connectivity index (χ2n) is 7.37. The highest BCUT2D eigenvalue weighted by molar-refractivity contribution is 6.11. The first kappa shape index (κ1) is 15.0. The van der Waals surface area contributed by atoms with Gasteiger partial charge in [-0.25, -0.2) is 0 Å². The lowest BCUT2D eigenvalue weighted by Gasteiger charge is -2.08. The Bertz CT molecular complexity index is 1600. The summed E-state index contributed by atoms with van der Waals surface area (Å²) in [5.41, 5.74) is 4.26. The third kappa shape index (κ3) is 2.77. The van der Waals surface area contributed by atoms with Crippen LogP contribution in [0.15, 0.2) is 108 Å². The first-order chi connectivity index (χ1) is 15.6. The minimum atomic E-state index is -1.68. The maximum absolute atomic E-state index is 9.00. The Labute approximate surface area is 177 Å². The topological polar surface area (TPSA) is 26.0 Å². The van der Waals surface area contributed by atoms with Crippen LogP contribution in [0.4, 0.5) is 0 Å². The summed E-state index contributed by atoms with van der Waals surface area (Å²) in [5.74, 6) is 0. The standard InChI is InChI=1S/C28H19NO/c1-2-8-19(9-3-1)16-21-14-15-23(25-17-20-10-4-5-11-22(20)18-29-25)28-27(21)24-12-6-7-13-26(24)30-28/h1-15,17-18H,16H2/i16D2. The van der Waals surface area contributed by atoms with Gasteiger partial charge in [-0.1, -0.05) is 78.9 Å². The Morgan fingerprint density at radius 2 is 1.53 bits per heavy atom. The molecular weight excluding hydrogens is 366 g/mol. The van der Waals surface area contributed by atoms with Gasteiger partial charge in [0, 0.05) is 30.7 Å². The van der Waals surface area contributed by atoms with Crippen LogP contribution in [0.3, 0.4) is 0 Å². The summed E-state index contributed by atoms with van der Waals surface area (Å²) in [4.78, 5) is 4.69. The predicted octanol–water partition coefficient (Wildman–Crippen LogP) is 7.39. The van der Waals surface area contributed by atoms with Gasteiger partial charge < -0.3 is 4.42 Å². The van der Waals surface area contributed by atoms with E-state index >= 15 is 0 Å². The smallest absolute Gasteiger partial charge is 0.145 e. The SMILES string of the molecule is [2H]C([2H])(c1ccccc1)c1ccc(-c2cc3ccccc3cn2)c2oc3ccccc3c12. The molecule has 0 aliphatic carbocycles. The van der Waals surface area contributed by atoms with Crippen LogP contribution in [0, 0.1) is 0 Å². The number of benzene rings is 4. The second-order valence-corrected chi connectivity index (χ2v) is 7.37. The van der Waals surface area contributed by atoms with Crippen molar-refractivity contribution in [1.82, 2.24) is 4.98 Å². The molecule has 0 radical (unpaired) electrons. The Morgan fingerprint density at radius 1 is 0.767 bits per heavy atom. The van der Waals surface area contributed by atoms with Gasteiger partial charge in [-0.2, -0.15) is 0 Å². The van der Waals surface area contributed by atoms with Crippen LogP contribution in [0.2, 0.25) is 0 Å². The first-order valence-corrected chi connectivity index (χ1v) is 9.98. The Morgan fingerprint density at radius 3 is 2.43 bits per heavy atom. The van der Waals surface area contributed by atoms with E-state index in [0.29, 0.717) is 16.7 Å². The molecule has 6 aromatic rings. The Kier molecular flexibility index (Phi) is 3.43. The fraction of sp³-hybridized carbons (Fsp3) is 0.0357. The van der Waals surface area contributed by atoms with Gasteiger partial charge in [-0.05, 0) is 41.1 Å². The number of furan rings is 1. The van der Waals surface area contributed by atoms with E-state index in [2.05, 4.69) is 12.1 Å². The summed E-state index contributed by atoms with van der Waals surface area (Å²) in [6, 6.07) is 31.1. The molecule has 4 aromatic carbocycles. The van der Waals surface area contributed by atoms with Gasteiger partial charge in [-0.15, -0.1) is 0 Å². The van der Waals surface area contributed by atoms with E-state index < -0.39 is 6.37 Å². The minimum Gasteiger partial charge on any atom is -0.455 e. The molecule has 2 heteroatoms. The van der Waals surface area contributed by atoms with Crippen molar-refractivity contribution in [3.05, 3.63) is 114 Å². The molecule has 0 spiro atoms. The molecule has 0 fully saturated rings. The lowest BCUT2D eigenvalue weighted by molar-refractivity contribution is 0.669. The van der Waals surface area contributed by atoms with Gasteiger partial charge in [0.25, 0.3) is 0 Å². The summed E-state index contributed by atoms with van der Waals surface area (Å²) >= 11 is 0. The van der Waals surface area contributed by atoms with Gasteiger partial charge in [0.1, 0.15) is 11.2 Å². The summed E-state index contributed by atoms with van der Waals surface area (Å²) in [5, 5.41) is 3.88. The van der Waals surface area contributed by atoms with Crippen molar-refractivity contribution < 1.29 is 7.16 Å². The molecule has 142 valence electrons. The minimum absolute atomic E-state index is 0.591. The quantitative estimate of drug-likeness (QED) is 0.316. The fourth-order valence-corrected chi connectivity index (χ4v) is 4.04. The van der Waals surface area contributed by atoms with Crippen LogP contribution >= 0.6 is 0 Å². The lowest BCUT2D eigenvalue weighted by Crippen LogP contribution is -1.91. The van der Waals surface area contributed by atoms with Crippen LogP contribution in [0.25, 0.3) is 44.0 Å². The highest BCUT2D eigenvalue weighted by Crippen LogP contribution is 2.38. The molecule has 30 heavy (non-hydrogen) atoms. The van der Waals surface area contributed by atoms with Crippen molar-refractivity contribution in [1.29, 1.82) is 0 Å². The van der Waals surface area contributed by atoms with Gasteiger partial charge in [0.15, 0.2) is 0 Å². The average molecular weight is 387 g/mol. The molecule has 0 N–H and O–H groups in total. The molecular formula is C28H19NO. The van der Waals surface area contributed by atoms with Crippen molar-refractivity contribution in [2.24, 2.45) is 0 Å². The number of hydrogen-bond acceptors (Lipinski definition) is 2. The average Bonchev–Trinajstić information content (AvgIpc) is 3.23. The fourth-order valence-electron chi connectivity index (χ4n) is 4.04. The molecule has 0 saturated heterocycles. The number of nitrogens with zero attached hydrogens (tertiary/aromatic N) is 1. The van der Waals surface area contributed by atoms with Crippen molar-refractivity contribution in [2.75, 3.05) is 0 Å². The molecule has 2 heterocycles. The van der Waals surface area contributed by atoms with Crippen LogP contribution in [0.1, 0.15) is 13.9 Å². The van der Waals surface area contributed by atoms with Crippen molar-refractivity contribution in [3.63, 3.8) is 0 Å². The highest BCUT2D eigenvalue weighted by Gasteiger charge is 2.17. The van der Waals surface area contributed by atoms with Crippen molar-refractivity contribution >= 4 is 32.7 Å². The van der Waals surface area contributed by atoms with Crippen LogP contribution in [0.5, 0.6) is 0 Å². The van der Waals surface area contributed by atoms with Gasteiger partial charge in [0.2, 0.25) is 0 Å². The van der Waals surface area contributed by atoms with Crippen LogP contribution < -0.4 is 0 Å². The molecule has 0 atom stereocenters. The maximum Gasteiger partial charge on any atom is 0.145 e. The number of para-hydroxylation sites is 1. The monoisotopic (exact) mass is 387 g/mol. The van der Waals surface area contributed by atoms with E-state index in [4.69, 9.17) is 12.1 Å². The molecule has 2 aromatic heterocycles. The molecule has 6 rings (SSSR count). The summed E-state index contributed by atoms with van der Waals surface area (Å²) in [6.07, 6.45) is 0.192. The van der Waals surface area contributed by atoms with E-state index in [0.717, 1.165) is 38.4 Å². The number of pyridine rings is 1. The molecule has 0 unspecified atom stereocenters. The predicted molar refractivity (Wildman–Crippen MR) is 124 cm³/mol. The van der Waals surface area contributed by atoms with E-state index in [1.165, 1.54) is 0 Å². The van der Waals surface area contributed by atoms with E-state index in [9.17, 15) is 0 Å². The van der Waals surface area contributed by atoms with Gasteiger partial charge in [-0.3, -0.25) is 4.98 Å². The second kappa shape index (κ2) is 6.85. The van der Waals surface area contributed by atoms with Crippen molar-refractivity contribution in [3.8, 4) is 11.3 Å². The van der Waals surface area contributed by atoms with Gasteiger partial charge in [0.05, 0.1) is 5.69 Å². The number of hydrogen-bond donors (Lipinski definition) is 0. The molecule has 0 bridgehead atoms. The zero-order chi connectivity index (χ0) is 21.7. The summed E-state index contributed by atoms with van der Waals surface area (Å²) in [7, 11) is 0. The first-order valence-electron chi connectivity index (χ1n) is 11.0. The van der Waals surface area contributed by atoms with E-state index in [-0.39, 0.29) is 0 Å². The van der Waals surface area contributed by atoms with E-state index in [1.807, 2.05) is 91.1 Å². The molecule has 2 nitrogen and oxygen atoms in total. The third-order valence-corrected chi connectivity index (χ3v) is 5.49. The van der Waals surface area contributed by atoms with Crippen LogP contribution in [-0.2, 0) is 6.37 Å². The van der Waals surface area contributed by atoms with Gasteiger partial charge >= 0.3 is 0 Å². The van der Waals surface area contributed by atoms with E-state index in [1.54, 1.807) is 0 Å². The summed E-state index contributed by atoms with van der Waals surface area (Å²) < 4.78 is 24.3. The molecule has 0 aliphatic heterocycles. The molecule has 0 aliphatic rings. The normalized spacial score (nSPS) is 12.9. The summed E-state index contributed by atoms with van der Waals surface area (Å²) in [6.45, 7) is 0. The highest BCUT2D eigenvalue weighted by atomic mass is 16.3. The Balaban J connectivity index is 1.67. The third-order valence-electron chi connectivity index (χ3n) is 5.49. The molecule has 0 amide bonds. The zero-order valence-electron chi connectivity index (χ0n) is 18.2. The largest absolute Gasteiger partial charge is 0.455 e.